The van der Waals surface area contributed by atoms with Gasteiger partial charge in [0.05, 0.1) is 6.04 Å². The molecule has 4 heteroatoms. The Morgan fingerprint density at radius 1 is 1.41 bits per heavy atom. The zero-order valence-corrected chi connectivity index (χ0v) is 11.3. The summed E-state index contributed by atoms with van der Waals surface area (Å²) in [6.45, 7) is 10.3. The van der Waals surface area contributed by atoms with E-state index in [4.69, 9.17) is 4.42 Å². The molecular formula is C13H22N2O2. The second kappa shape index (κ2) is 5.87. The molecule has 1 amide bonds. The molecule has 17 heavy (non-hydrogen) atoms. The lowest BCUT2D eigenvalue weighted by atomic mass is 10.1. The lowest BCUT2D eigenvalue weighted by molar-refractivity contribution is -0.122. The number of likely N-dealkylation sites (N-methyl/N-ethyl adjacent to an activating group) is 1. The van der Waals surface area contributed by atoms with Crippen LogP contribution in [0.25, 0.3) is 0 Å². The summed E-state index contributed by atoms with van der Waals surface area (Å²) < 4.78 is 5.48. The normalized spacial score (nSPS) is 14.4. The molecule has 2 atom stereocenters. The van der Waals surface area contributed by atoms with Gasteiger partial charge in [-0.25, -0.2) is 0 Å². The highest BCUT2D eigenvalue weighted by Gasteiger charge is 2.18. The van der Waals surface area contributed by atoms with Gasteiger partial charge in [0, 0.05) is 18.2 Å². The van der Waals surface area contributed by atoms with Gasteiger partial charge in [0.25, 0.3) is 0 Å². The van der Waals surface area contributed by atoms with Crippen molar-refractivity contribution in [2.75, 3.05) is 6.54 Å². The number of furan rings is 1. The van der Waals surface area contributed by atoms with Crippen molar-refractivity contribution >= 4 is 5.91 Å². The summed E-state index contributed by atoms with van der Waals surface area (Å²) in [5.41, 5.74) is 1.11. The van der Waals surface area contributed by atoms with Gasteiger partial charge in [-0.3, -0.25) is 10.1 Å². The molecule has 0 aromatic carbocycles. The van der Waals surface area contributed by atoms with Crippen LogP contribution in [0.1, 0.15) is 43.9 Å². The summed E-state index contributed by atoms with van der Waals surface area (Å²) in [4.78, 5) is 11.6. The molecular weight excluding hydrogens is 216 g/mol. The maximum absolute atomic E-state index is 11.6. The van der Waals surface area contributed by atoms with Crippen LogP contribution in [-0.4, -0.2) is 18.5 Å². The third-order valence-electron chi connectivity index (χ3n) is 2.79. The molecule has 1 aromatic heterocycles. The Morgan fingerprint density at radius 3 is 2.53 bits per heavy atom. The van der Waals surface area contributed by atoms with Crippen molar-refractivity contribution in [1.82, 2.24) is 10.6 Å². The van der Waals surface area contributed by atoms with Crippen LogP contribution in [-0.2, 0) is 4.79 Å². The van der Waals surface area contributed by atoms with Gasteiger partial charge in [0.2, 0.25) is 5.91 Å². The smallest absolute Gasteiger partial charge is 0.236 e. The van der Waals surface area contributed by atoms with E-state index in [1.807, 2.05) is 40.7 Å². The van der Waals surface area contributed by atoms with E-state index in [-0.39, 0.29) is 18.0 Å². The second-order valence-corrected chi connectivity index (χ2v) is 4.37. The number of nitrogens with one attached hydrogen (secondary N) is 2. The summed E-state index contributed by atoms with van der Waals surface area (Å²) in [7, 11) is 0. The van der Waals surface area contributed by atoms with Gasteiger partial charge < -0.3 is 9.73 Å². The fourth-order valence-electron chi connectivity index (χ4n) is 1.95. The summed E-state index contributed by atoms with van der Waals surface area (Å²) in [6, 6.07) is 1.90. The SMILES string of the molecule is CCNC(=O)C(C)NC(C)c1cc(C)oc1C. The Kier molecular flexibility index (Phi) is 4.75. The lowest BCUT2D eigenvalue weighted by Crippen LogP contribution is -2.43. The molecule has 1 rings (SSSR count). The first-order valence-electron chi connectivity index (χ1n) is 6.06. The van der Waals surface area contributed by atoms with E-state index >= 15 is 0 Å². The number of hydrogen-bond acceptors (Lipinski definition) is 3. The molecule has 1 heterocycles. The lowest BCUT2D eigenvalue weighted by Gasteiger charge is -2.19. The highest BCUT2D eigenvalue weighted by Crippen LogP contribution is 2.21. The molecule has 4 nitrogen and oxygen atoms in total. The summed E-state index contributed by atoms with van der Waals surface area (Å²) in [5, 5.41) is 6.06. The molecule has 2 unspecified atom stereocenters. The topological polar surface area (TPSA) is 54.3 Å². The zero-order valence-electron chi connectivity index (χ0n) is 11.3. The van der Waals surface area contributed by atoms with E-state index in [0.29, 0.717) is 6.54 Å². The number of rotatable bonds is 5. The average Bonchev–Trinajstić information content (AvgIpc) is 2.58. The van der Waals surface area contributed by atoms with Crippen molar-refractivity contribution in [3.63, 3.8) is 0 Å². The Hall–Kier alpha value is -1.29. The van der Waals surface area contributed by atoms with E-state index in [2.05, 4.69) is 10.6 Å². The molecule has 0 fully saturated rings. The van der Waals surface area contributed by atoms with E-state index in [0.717, 1.165) is 17.1 Å². The van der Waals surface area contributed by atoms with E-state index in [1.165, 1.54) is 0 Å². The summed E-state index contributed by atoms with van der Waals surface area (Å²) in [5.74, 6) is 1.83. The van der Waals surface area contributed by atoms with Gasteiger partial charge in [0.15, 0.2) is 0 Å². The minimum atomic E-state index is -0.209. The summed E-state index contributed by atoms with van der Waals surface area (Å²) >= 11 is 0. The first-order chi connectivity index (χ1) is 7.95. The molecule has 96 valence electrons. The van der Waals surface area contributed by atoms with E-state index in [1.54, 1.807) is 0 Å². The Balaban J connectivity index is 2.63. The predicted octanol–water partition coefficient (Wildman–Crippen LogP) is 2.07. The predicted molar refractivity (Wildman–Crippen MR) is 67.9 cm³/mol. The molecule has 0 spiro atoms. The van der Waals surface area contributed by atoms with Crippen molar-refractivity contribution in [1.29, 1.82) is 0 Å². The van der Waals surface area contributed by atoms with Crippen LogP contribution in [0, 0.1) is 13.8 Å². The number of amides is 1. The van der Waals surface area contributed by atoms with Gasteiger partial charge in [-0.2, -0.15) is 0 Å². The fourth-order valence-corrected chi connectivity index (χ4v) is 1.95. The third kappa shape index (κ3) is 3.60. The Morgan fingerprint density at radius 2 is 2.06 bits per heavy atom. The molecule has 0 aliphatic heterocycles. The molecule has 0 bridgehead atoms. The third-order valence-corrected chi connectivity index (χ3v) is 2.79. The van der Waals surface area contributed by atoms with E-state index < -0.39 is 0 Å². The van der Waals surface area contributed by atoms with Gasteiger partial charge in [-0.15, -0.1) is 0 Å². The number of carbonyl (C=O) groups is 1. The molecule has 0 radical (unpaired) electrons. The molecule has 0 aliphatic carbocycles. The van der Waals surface area contributed by atoms with Gasteiger partial charge in [0.1, 0.15) is 11.5 Å². The minimum absolute atomic E-state index is 0.0252. The maximum Gasteiger partial charge on any atom is 0.236 e. The van der Waals surface area contributed by atoms with Gasteiger partial charge >= 0.3 is 0 Å². The quantitative estimate of drug-likeness (QED) is 0.825. The first kappa shape index (κ1) is 13.8. The van der Waals surface area contributed by atoms with Crippen LogP contribution < -0.4 is 10.6 Å². The molecule has 0 saturated carbocycles. The van der Waals surface area contributed by atoms with Crippen molar-refractivity contribution in [2.24, 2.45) is 0 Å². The molecule has 0 saturated heterocycles. The molecule has 1 aromatic rings. The second-order valence-electron chi connectivity index (χ2n) is 4.37. The number of aryl methyl sites for hydroxylation is 2. The fraction of sp³-hybridized carbons (Fsp3) is 0.615. The number of carbonyl (C=O) groups excluding carboxylic acids is 1. The van der Waals surface area contributed by atoms with Crippen molar-refractivity contribution in [3.8, 4) is 0 Å². The van der Waals surface area contributed by atoms with Gasteiger partial charge in [-0.1, -0.05) is 0 Å². The van der Waals surface area contributed by atoms with E-state index in [9.17, 15) is 4.79 Å². The van der Waals surface area contributed by atoms with Crippen LogP contribution in [0.15, 0.2) is 10.5 Å². The van der Waals surface area contributed by atoms with Crippen LogP contribution in [0.3, 0.4) is 0 Å². The number of hydrogen-bond donors (Lipinski definition) is 2. The first-order valence-corrected chi connectivity index (χ1v) is 6.06. The monoisotopic (exact) mass is 238 g/mol. The van der Waals surface area contributed by atoms with Crippen molar-refractivity contribution < 1.29 is 9.21 Å². The van der Waals surface area contributed by atoms with Crippen LogP contribution in [0.4, 0.5) is 0 Å². The summed E-state index contributed by atoms with van der Waals surface area (Å²) in [6.07, 6.45) is 0. The van der Waals surface area contributed by atoms with Crippen LogP contribution in [0.2, 0.25) is 0 Å². The minimum Gasteiger partial charge on any atom is -0.466 e. The van der Waals surface area contributed by atoms with Gasteiger partial charge in [-0.05, 0) is 40.7 Å². The standard InChI is InChI=1S/C13H22N2O2/c1-6-14-13(16)10(4)15-9(3)12-7-8(2)17-11(12)5/h7,9-10,15H,6H2,1-5H3,(H,14,16). The van der Waals surface area contributed by atoms with Crippen molar-refractivity contribution in [3.05, 3.63) is 23.2 Å². The Labute approximate surface area is 103 Å². The zero-order chi connectivity index (χ0) is 13.0. The maximum atomic E-state index is 11.6. The van der Waals surface area contributed by atoms with Crippen molar-refractivity contribution in [2.45, 2.75) is 46.7 Å². The Bertz CT molecular complexity index is 385. The largest absolute Gasteiger partial charge is 0.466 e. The average molecular weight is 238 g/mol. The highest BCUT2D eigenvalue weighted by molar-refractivity contribution is 5.81. The van der Waals surface area contributed by atoms with Crippen LogP contribution >= 0.6 is 0 Å². The molecule has 0 aliphatic rings. The highest BCUT2D eigenvalue weighted by atomic mass is 16.3. The van der Waals surface area contributed by atoms with Crippen LogP contribution in [0.5, 0.6) is 0 Å². The molecule has 2 N–H and O–H groups in total.